The van der Waals surface area contributed by atoms with Crippen molar-refractivity contribution in [2.75, 3.05) is 12.0 Å². The monoisotopic (exact) mass is 284 g/mol. The minimum absolute atomic E-state index is 0.417. The first-order chi connectivity index (χ1) is 10.1. The second kappa shape index (κ2) is 7.14. The van der Waals surface area contributed by atoms with Crippen molar-refractivity contribution in [1.29, 1.82) is 0 Å². The first kappa shape index (κ1) is 15.4. The number of hydrogen-bond donors (Lipinski definition) is 1. The van der Waals surface area contributed by atoms with Crippen LogP contribution in [0.4, 0.5) is 5.69 Å². The molecule has 0 saturated carbocycles. The summed E-state index contributed by atoms with van der Waals surface area (Å²) in [5, 5.41) is 0. The van der Waals surface area contributed by atoms with Crippen LogP contribution < -0.4 is 15.4 Å². The van der Waals surface area contributed by atoms with Gasteiger partial charge in [-0.2, -0.15) is 0 Å². The minimum atomic E-state index is 0.417. The molecule has 0 atom stereocenters. The summed E-state index contributed by atoms with van der Waals surface area (Å²) in [4.78, 5) is 2.37. The lowest BCUT2D eigenvalue weighted by atomic mass is 10.1. The van der Waals surface area contributed by atoms with Crippen LogP contribution in [-0.4, -0.2) is 13.2 Å². The van der Waals surface area contributed by atoms with Gasteiger partial charge >= 0.3 is 0 Å². The van der Waals surface area contributed by atoms with E-state index in [9.17, 15) is 0 Å². The molecule has 0 saturated heterocycles. The van der Waals surface area contributed by atoms with Crippen molar-refractivity contribution >= 4 is 5.69 Å². The van der Waals surface area contributed by atoms with E-state index in [1.165, 1.54) is 11.3 Å². The van der Waals surface area contributed by atoms with Gasteiger partial charge in [-0.15, -0.1) is 0 Å². The van der Waals surface area contributed by atoms with E-state index >= 15 is 0 Å². The van der Waals surface area contributed by atoms with Crippen LogP contribution in [0.5, 0.6) is 5.75 Å². The number of anilines is 1. The van der Waals surface area contributed by atoms with E-state index in [1.54, 1.807) is 7.11 Å². The van der Waals surface area contributed by atoms with E-state index in [1.807, 2.05) is 12.1 Å². The Morgan fingerprint density at radius 1 is 1.05 bits per heavy atom. The third-order valence-corrected chi connectivity index (χ3v) is 3.61. The fraction of sp³-hybridized carbons (Fsp3) is 0.333. The highest BCUT2D eigenvalue weighted by molar-refractivity contribution is 5.49. The zero-order valence-electron chi connectivity index (χ0n) is 13.0. The van der Waals surface area contributed by atoms with Crippen LogP contribution in [0.25, 0.3) is 0 Å². The predicted molar refractivity (Wildman–Crippen MR) is 88.6 cm³/mol. The van der Waals surface area contributed by atoms with Crippen molar-refractivity contribution in [1.82, 2.24) is 0 Å². The summed E-state index contributed by atoms with van der Waals surface area (Å²) < 4.78 is 5.30. The SMILES string of the molecule is COc1cccc(CN(c2ccc(CN)cc2)C(C)C)c1. The van der Waals surface area contributed by atoms with Crippen LogP contribution in [0.3, 0.4) is 0 Å². The molecule has 0 heterocycles. The van der Waals surface area contributed by atoms with Gasteiger partial charge in [-0.3, -0.25) is 0 Å². The smallest absolute Gasteiger partial charge is 0.119 e. The standard InChI is InChI=1S/C18H24N2O/c1-14(2)20(17-9-7-15(12-19)8-10-17)13-16-5-4-6-18(11-16)21-3/h4-11,14H,12-13,19H2,1-3H3. The Kier molecular flexibility index (Phi) is 5.23. The summed E-state index contributed by atoms with van der Waals surface area (Å²) in [6.07, 6.45) is 0. The highest BCUT2D eigenvalue weighted by Gasteiger charge is 2.11. The quantitative estimate of drug-likeness (QED) is 0.881. The molecule has 3 nitrogen and oxygen atoms in total. The lowest BCUT2D eigenvalue weighted by Crippen LogP contribution is -2.30. The van der Waals surface area contributed by atoms with E-state index < -0.39 is 0 Å². The number of hydrogen-bond acceptors (Lipinski definition) is 3. The number of nitrogens with two attached hydrogens (primary N) is 1. The highest BCUT2D eigenvalue weighted by atomic mass is 16.5. The summed E-state index contributed by atoms with van der Waals surface area (Å²) in [5.74, 6) is 0.898. The van der Waals surface area contributed by atoms with E-state index in [0.717, 1.165) is 17.9 Å². The number of nitrogens with zero attached hydrogens (tertiary/aromatic N) is 1. The van der Waals surface area contributed by atoms with Gasteiger partial charge in [-0.1, -0.05) is 24.3 Å². The Morgan fingerprint density at radius 2 is 1.76 bits per heavy atom. The molecule has 0 aliphatic carbocycles. The van der Waals surface area contributed by atoms with E-state index in [2.05, 4.69) is 55.1 Å². The third kappa shape index (κ3) is 3.99. The Labute approximate surface area is 127 Å². The van der Waals surface area contributed by atoms with Crippen LogP contribution in [-0.2, 0) is 13.1 Å². The number of methoxy groups -OCH3 is 1. The average Bonchev–Trinajstić information content (AvgIpc) is 2.52. The van der Waals surface area contributed by atoms with Crippen molar-refractivity contribution in [3.05, 3.63) is 59.7 Å². The third-order valence-electron chi connectivity index (χ3n) is 3.61. The maximum Gasteiger partial charge on any atom is 0.119 e. The summed E-state index contributed by atoms with van der Waals surface area (Å²) in [7, 11) is 1.70. The summed E-state index contributed by atoms with van der Waals surface area (Å²) >= 11 is 0. The number of ether oxygens (including phenoxy) is 1. The molecule has 0 spiro atoms. The molecule has 0 fully saturated rings. The molecule has 2 rings (SSSR count). The molecule has 0 aliphatic heterocycles. The molecule has 0 aliphatic rings. The van der Waals surface area contributed by atoms with Gasteiger partial charge in [-0.25, -0.2) is 0 Å². The van der Waals surface area contributed by atoms with Gasteiger partial charge in [0.05, 0.1) is 7.11 Å². The van der Waals surface area contributed by atoms with Crippen molar-refractivity contribution in [2.45, 2.75) is 33.0 Å². The molecule has 3 heteroatoms. The molecule has 112 valence electrons. The Hall–Kier alpha value is -2.00. The molecular formula is C18H24N2O. The molecule has 0 unspecified atom stereocenters. The topological polar surface area (TPSA) is 38.5 Å². The van der Waals surface area contributed by atoms with Crippen LogP contribution in [0.15, 0.2) is 48.5 Å². The first-order valence-corrected chi connectivity index (χ1v) is 7.32. The van der Waals surface area contributed by atoms with Crippen LogP contribution in [0.1, 0.15) is 25.0 Å². The van der Waals surface area contributed by atoms with Gasteiger partial charge in [0.2, 0.25) is 0 Å². The molecule has 2 aromatic carbocycles. The second-order valence-corrected chi connectivity index (χ2v) is 5.44. The van der Waals surface area contributed by atoms with Crippen LogP contribution in [0, 0.1) is 0 Å². The largest absolute Gasteiger partial charge is 0.497 e. The van der Waals surface area contributed by atoms with Crippen molar-refractivity contribution in [3.8, 4) is 5.75 Å². The summed E-state index contributed by atoms with van der Waals surface area (Å²) in [6, 6.07) is 17.1. The molecule has 21 heavy (non-hydrogen) atoms. The first-order valence-electron chi connectivity index (χ1n) is 7.32. The molecule has 0 bridgehead atoms. The van der Waals surface area contributed by atoms with Crippen LogP contribution >= 0.6 is 0 Å². The Balaban J connectivity index is 2.21. The van der Waals surface area contributed by atoms with Crippen LogP contribution in [0.2, 0.25) is 0 Å². The molecule has 0 aromatic heterocycles. The molecule has 0 radical (unpaired) electrons. The van der Waals surface area contributed by atoms with Crippen molar-refractivity contribution in [3.63, 3.8) is 0 Å². The fourth-order valence-corrected chi connectivity index (χ4v) is 2.36. The average molecular weight is 284 g/mol. The zero-order chi connectivity index (χ0) is 15.2. The Morgan fingerprint density at radius 3 is 2.33 bits per heavy atom. The minimum Gasteiger partial charge on any atom is -0.497 e. The van der Waals surface area contributed by atoms with Gasteiger partial charge in [0.15, 0.2) is 0 Å². The highest BCUT2D eigenvalue weighted by Crippen LogP contribution is 2.22. The molecule has 0 amide bonds. The fourth-order valence-electron chi connectivity index (χ4n) is 2.36. The van der Waals surface area contributed by atoms with Gasteiger partial charge in [-0.05, 0) is 49.2 Å². The van der Waals surface area contributed by atoms with Gasteiger partial charge in [0.25, 0.3) is 0 Å². The predicted octanol–water partition coefficient (Wildman–Crippen LogP) is 3.57. The number of benzene rings is 2. The van der Waals surface area contributed by atoms with E-state index in [0.29, 0.717) is 12.6 Å². The Bertz CT molecular complexity index is 564. The lowest BCUT2D eigenvalue weighted by Gasteiger charge is -2.29. The van der Waals surface area contributed by atoms with E-state index in [4.69, 9.17) is 10.5 Å². The lowest BCUT2D eigenvalue weighted by molar-refractivity contribution is 0.414. The normalized spacial score (nSPS) is 10.7. The second-order valence-electron chi connectivity index (χ2n) is 5.44. The molecule has 2 aromatic rings. The van der Waals surface area contributed by atoms with Crippen molar-refractivity contribution < 1.29 is 4.74 Å². The van der Waals surface area contributed by atoms with Gasteiger partial charge in [0, 0.05) is 24.8 Å². The summed E-state index contributed by atoms with van der Waals surface area (Å²) in [6.45, 7) is 5.85. The van der Waals surface area contributed by atoms with E-state index in [-0.39, 0.29) is 0 Å². The molecular weight excluding hydrogens is 260 g/mol. The molecule has 2 N–H and O–H groups in total. The zero-order valence-corrected chi connectivity index (χ0v) is 13.0. The maximum absolute atomic E-state index is 5.66. The number of rotatable bonds is 6. The summed E-state index contributed by atoms with van der Waals surface area (Å²) in [5.41, 5.74) is 9.27. The maximum atomic E-state index is 5.66. The van der Waals surface area contributed by atoms with Gasteiger partial charge in [0.1, 0.15) is 5.75 Å². The van der Waals surface area contributed by atoms with Crippen molar-refractivity contribution in [2.24, 2.45) is 5.73 Å². The van der Waals surface area contributed by atoms with Gasteiger partial charge < -0.3 is 15.4 Å².